The normalized spacial score (nSPS) is 14.5. The second-order valence-electron chi connectivity index (χ2n) is 6.17. The lowest BCUT2D eigenvalue weighted by molar-refractivity contribution is -0.153. The Morgan fingerprint density at radius 1 is 1.12 bits per heavy atom. The van der Waals surface area contributed by atoms with E-state index in [9.17, 15) is 19.2 Å². The van der Waals surface area contributed by atoms with Crippen LogP contribution in [0.3, 0.4) is 0 Å². The zero-order valence-corrected chi connectivity index (χ0v) is 14.6. The van der Waals surface area contributed by atoms with Gasteiger partial charge in [-0.15, -0.1) is 0 Å². The quantitative estimate of drug-likeness (QED) is 0.595. The fourth-order valence-electron chi connectivity index (χ4n) is 2.67. The molecule has 2 rings (SSSR count). The molecular formula is C18H22N2O5. The molecule has 134 valence electrons. The Bertz CT molecular complexity index is 663. The van der Waals surface area contributed by atoms with E-state index in [0.29, 0.717) is 6.54 Å². The van der Waals surface area contributed by atoms with Crippen molar-refractivity contribution in [1.82, 2.24) is 10.2 Å². The molecule has 0 unspecified atom stereocenters. The number of ether oxygens (including phenoxy) is 1. The highest BCUT2D eigenvalue weighted by atomic mass is 16.5. The maximum Gasteiger partial charge on any atom is 0.330 e. The van der Waals surface area contributed by atoms with E-state index in [4.69, 9.17) is 4.74 Å². The minimum atomic E-state index is -1.08. The number of imide groups is 1. The van der Waals surface area contributed by atoms with Gasteiger partial charge in [-0.2, -0.15) is 0 Å². The molecule has 1 atom stereocenters. The van der Waals surface area contributed by atoms with Gasteiger partial charge in [0, 0.05) is 6.54 Å². The van der Waals surface area contributed by atoms with Crippen molar-refractivity contribution in [1.29, 1.82) is 0 Å². The van der Waals surface area contributed by atoms with Crippen molar-refractivity contribution in [3.05, 3.63) is 35.4 Å². The molecule has 0 aliphatic carbocycles. The first-order chi connectivity index (χ1) is 11.9. The lowest BCUT2D eigenvalue weighted by Gasteiger charge is -2.27. The fraction of sp³-hybridized carbons (Fsp3) is 0.444. The van der Waals surface area contributed by atoms with Crippen LogP contribution in [0.5, 0.6) is 0 Å². The number of amides is 3. The summed E-state index contributed by atoms with van der Waals surface area (Å²) >= 11 is 0. The monoisotopic (exact) mass is 346 g/mol. The van der Waals surface area contributed by atoms with Gasteiger partial charge in [0.05, 0.1) is 11.1 Å². The van der Waals surface area contributed by atoms with Gasteiger partial charge in [-0.25, -0.2) is 4.79 Å². The molecule has 1 aromatic carbocycles. The maximum atomic E-state index is 12.6. The number of benzene rings is 1. The minimum absolute atomic E-state index is 0.270. The van der Waals surface area contributed by atoms with Gasteiger partial charge in [-0.3, -0.25) is 19.3 Å². The third kappa shape index (κ3) is 3.87. The Balaban J connectivity index is 2.14. The van der Waals surface area contributed by atoms with Crippen LogP contribution in [0, 0.1) is 5.92 Å². The summed E-state index contributed by atoms with van der Waals surface area (Å²) in [5.41, 5.74) is 0.540. The van der Waals surface area contributed by atoms with E-state index in [-0.39, 0.29) is 17.0 Å². The Labute approximate surface area is 146 Å². The van der Waals surface area contributed by atoms with Crippen LogP contribution in [0.15, 0.2) is 24.3 Å². The van der Waals surface area contributed by atoms with Crippen molar-refractivity contribution < 1.29 is 23.9 Å². The van der Waals surface area contributed by atoms with E-state index >= 15 is 0 Å². The molecule has 0 aromatic heterocycles. The molecular weight excluding hydrogens is 324 g/mol. The Kier molecular flexibility index (Phi) is 5.90. The number of rotatable bonds is 7. The molecule has 1 aliphatic rings. The topological polar surface area (TPSA) is 92.8 Å². The van der Waals surface area contributed by atoms with Crippen molar-refractivity contribution in [2.75, 3.05) is 13.2 Å². The van der Waals surface area contributed by atoms with Crippen molar-refractivity contribution in [2.24, 2.45) is 5.92 Å². The molecule has 1 heterocycles. The molecule has 1 aliphatic heterocycles. The van der Waals surface area contributed by atoms with E-state index in [1.807, 2.05) is 6.92 Å². The van der Waals surface area contributed by atoms with Gasteiger partial charge in [0.2, 0.25) is 0 Å². The lowest BCUT2D eigenvalue weighted by Crippen LogP contribution is -2.49. The van der Waals surface area contributed by atoms with Crippen molar-refractivity contribution in [3.63, 3.8) is 0 Å². The molecule has 3 amide bonds. The molecule has 0 bridgehead atoms. The van der Waals surface area contributed by atoms with Gasteiger partial charge >= 0.3 is 5.97 Å². The standard InChI is InChI=1S/C18H22N2O5/c1-4-9-19-14(21)10-25-18(24)15(11(2)3)20-16(22)12-7-5-6-8-13(12)17(20)23/h5-8,11,15H,4,9-10H2,1-3H3,(H,19,21)/t15-/m1/s1. The number of carbonyl (C=O) groups excluding carboxylic acids is 4. The number of carbonyl (C=O) groups is 4. The Morgan fingerprint density at radius 3 is 2.16 bits per heavy atom. The number of nitrogens with zero attached hydrogens (tertiary/aromatic N) is 1. The van der Waals surface area contributed by atoms with Gasteiger partial charge in [-0.05, 0) is 24.5 Å². The average molecular weight is 346 g/mol. The molecule has 25 heavy (non-hydrogen) atoms. The summed E-state index contributed by atoms with van der Waals surface area (Å²) in [5, 5.41) is 2.59. The first-order valence-corrected chi connectivity index (χ1v) is 8.28. The van der Waals surface area contributed by atoms with Gasteiger partial charge in [0.25, 0.3) is 17.7 Å². The van der Waals surface area contributed by atoms with Crippen LogP contribution in [0.1, 0.15) is 47.9 Å². The third-order valence-electron chi connectivity index (χ3n) is 3.89. The Hall–Kier alpha value is -2.70. The number of esters is 1. The zero-order valence-electron chi connectivity index (χ0n) is 14.6. The highest BCUT2D eigenvalue weighted by Gasteiger charge is 2.44. The van der Waals surface area contributed by atoms with Crippen LogP contribution in [-0.2, 0) is 14.3 Å². The maximum absolute atomic E-state index is 12.6. The van der Waals surface area contributed by atoms with E-state index in [1.54, 1.807) is 38.1 Å². The van der Waals surface area contributed by atoms with Crippen LogP contribution in [-0.4, -0.2) is 47.8 Å². The van der Waals surface area contributed by atoms with E-state index in [1.165, 1.54) is 0 Å². The number of fused-ring (bicyclic) bond motifs is 1. The van der Waals surface area contributed by atoms with Crippen LogP contribution in [0.25, 0.3) is 0 Å². The second kappa shape index (κ2) is 7.92. The molecule has 0 saturated carbocycles. The van der Waals surface area contributed by atoms with Gasteiger partial charge in [0.1, 0.15) is 6.04 Å². The SMILES string of the molecule is CCCNC(=O)COC(=O)[C@@H](C(C)C)N1C(=O)c2ccccc2C1=O. The van der Waals surface area contributed by atoms with E-state index < -0.39 is 36.3 Å². The largest absolute Gasteiger partial charge is 0.454 e. The molecule has 1 N–H and O–H groups in total. The van der Waals surface area contributed by atoms with Crippen LogP contribution in [0.2, 0.25) is 0 Å². The molecule has 0 radical (unpaired) electrons. The zero-order chi connectivity index (χ0) is 18.6. The van der Waals surface area contributed by atoms with Crippen LogP contribution < -0.4 is 5.32 Å². The first-order valence-electron chi connectivity index (χ1n) is 8.28. The van der Waals surface area contributed by atoms with Crippen molar-refractivity contribution in [3.8, 4) is 0 Å². The predicted octanol–water partition coefficient (Wildman–Crippen LogP) is 1.38. The second-order valence-corrected chi connectivity index (χ2v) is 6.17. The Morgan fingerprint density at radius 2 is 1.68 bits per heavy atom. The summed E-state index contributed by atoms with van der Waals surface area (Å²) in [6.07, 6.45) is 0.767. The highest BCUT2D eigenvalue weighted by Crippen LogP contribution is 2.27. The molecule has 7 nitrogen and oxygen atoms in total. The minimum Gasteiger partial charge on any atom is -0.454 e. The summed E-state index contributed by atoms with van der Waals surface area (Å²) in [5.74, 6) is -2.58. The molecule has 0 saturated heterocycles. The van der Waals surface area contributed by atoms with Gasteiger partial charge < -0.3 is 10.1 Å². The molecule has 0 fully saturated rings. The molecule has 7 heteroatoms. The smallest absolute Gasteiger partial charge is 0.330 e. The first kappa shape index (κ1) is 18.6. The van der Waals surface area contributed by atoms with Crippen molar-refractivity contribution >= 4 is 23.7 Å². The summed E-state index contributed by atoms with van der Waals surface area (Å²) in [4.78, 5) is 50.1. The average Bonchev–Trinajstić information content (AvgIpc) is 2.83. The lowest BCUT2D eigenvalue weighted by atomic mass is 10.0. The van der Waals surface area contributed by atoms with Crippen molar-refractivity contribution in [2.45, 2.75) is 33.2 Å². The third-order valence-corrected chi connectivity index (χ3v) is 3.89. The summed E-state index contributed by atoms with van der Waals surface area (Å²) < 4.78 is 5.04. The highest BCUT2D eigenvalue weighted by molar-refractivity contribution is 6.22. The number of nitrogens with one attached hydrogen (secondary N) is 1. The van der Waals surface area contributed by atoms with Gasteiger partial charge in [-0.1, -0.05) is 32.9 Å². The number of hydrogen-bond donors (Lipinski definition) is 1. The summed E-state index contributed by atoms with van der Waals surface area (Å²) in [7, 11) is 0. The fourth-order valence-corrected chi connectivity index (χ4v) is 2.67. The predicted molar refractivity (Wildman–Crippen MR) is 89.8 cm³/mol. The number of hydrogen-bond acceptors (Lipinski definition) is 5. The van der Waals surface area contributed by atoms with Crippen LogP contribution in [0.4, 0.5) is 0 Å². The van der Waals surface area contributed by atoms with E-state index in [2.05, 4.69) is 5.32 Å². The molecule has 1 aromatic rings. The van der Waals surface area contributed by atoms with E-state index in [0.717, 1.165) is 11.3 Å². The van der Waals surface area contributed by atoms with Gasteiger partial charge in [0.15, 0.2) is 6.61 Å². The molecule has 0 spiro atoms. The van der Waals surface area contributed by atoms with Crippen LogP contribution >= 0.6 is 0 Å². The summed E-state index contributed by atoms with van der Waals surface area (Å²) in [6.45, 7) is 5.39. The summed E-state index contributed by atoms with van der Waals surface area (Å²) in [6, 6.07) is 5.35.